The first kappa shape index (κ1) is 16.5. The number of aromatic nitrogens is 2. The van der Waals surface area contributed by atoms with Crippen LogP contribution in [0.3, 0.4) is 0 Å². The van der Waals surface area contributed by atoms with Gasteiger partial charge in [-0.3, -0.25) is 0 Å². The van der Waals surface area contributed by atoms with E-state index in [2.05, 4.69) is 49.0 Å². The van der Waals surface area contributed by atoms with Gasteiger partial charge in [0.05, 0.1) is 5.39 Å². The Kier molecular flexibility index (Phi) is 5.82. The number of nitrogens with one attached hydrogen (secondary N) is 1. The molecule has 3 nitrogen and oxygen atoms in total. The normalized spacial score (nSPS) is 13.0. The second-order valence-corrected chi connectivity index (χ2v) is 7.45. The van der Waals surface area contributed by atoms with E-state index in [1.165, 1.54) is 17.7 Å². The van der Waals surface area contributed by atoms with Crippen molar-refractivity contribution in [3.63, 3.8) is 0 Å². The van der Waals surface area contributed by atoms with Gasteiger partial charge in [0.15, 0.2) is 0 Å². The van der Waals surface area contributed by atoms with E-state index >= 15 is 0 Å². The maximum atomic E-state index is 6.05. The topological polar surface area (TPSA) is 37.8 Å². The van der Waals surface area contributed by atoms with Crippen molar-refractivity contribution in [1.29, 1.82) is 0 Å². The third-order valence-corrected chi connectivity index (χ3v) is 4.91. The van der Waals surface area contributed by atoms with Crippen molar-refractivity contribution < 1.29 is 0 Å². The fraction of sp³-hybridized carbons (Fsp3) is 0.625. The highest BCUT2D eigenvalue weighted by atomic mass is 35.5. The van der Waals surface area contributed by atoms with Crippen molar-refractivity contribution in [3.8, 4) is 0 Å². The van der Waals surface area contributed by atoms with Gasteiger partial charge < -0.3 is 5.32 Å². The minimum Gasteiger partial charge on any atom is -0.367 e. The van der Waals surface area contributed by atoms with Crippen LogP contribution in [0.4, 0.5) is 5.82 Å². The molecule has 1 N–H and O–H groups in total. The molecule has 0 fully saturated rings. The molecular weight excluding hydrogens is 302 g/mol. The van der Waals surface area contributed by atoms with Crippen molar-refractivity contribution in [2.24, 2.45) is 5.92 Å². The van der Waals surface area contributed by atoms with E-state index in [1.54, 1.807) is 11.3 Å². The summed E-state index contributed by atoms with van der Waals surface area (Å²) in [7, 11) is 0. The van der Waals surface area contributed by atoms with E-state index < -0.39 is 0 Å². The van der Waals surface area contributed by atoms with E-state index in [9.17, 15) is 0 Å². The van der Waals surface area contributed by atoms with Crippen LogP contribution in [0, 0.1) is 5.92 Å². The second kappa shape index (κ2) is 7.41. The number of anilines is 1. The van der Waals surface area contributed by atoms with Gasteiger partial charge in [0.2, 0.25) is 5.28 Å². The minimum absolute atomic E-state index is 0.323. The summed E-state index contributed by atoms with van der Waals surface area (Å²) in [5, 5.41) is 4.93. The van der Waals surface area contributed by atoms with Gasteiger partial charge in [-0.25, -0.2) is 9.97 Å². The molecule has 0 aliphatic rings. The fourth-order valence-electron chi connectivity index (χ4n) is 2.37. The molecule has 0 radical (unpaired) electrons. The highest BCUT2D eigenvalue weighted by Crippen LogP contribution is 2.30. The fourth-order valence-corrected chi connectivity index (χ4v) is 3.55. The van der Waals surface area contributed by atoms with Gasteiger partial charge in [-0.05, 0) is 43.4 Å². The van der Waals surface area contributed by atoms with E-state index in [0.717, 1.165) is 34.8 Å². The molecule has 0 amide bonds. The molecule has 2 aromatic heterocycles. The summed E-state index contributed by atoms with van der Waals surface area (Å²) < 4.78 is 0. The highest BCUT2D eigenvalue weighted by molar-refractivity contribution is 7.18. The quantitative estimate of drug-likeness (QED) is 0.680. The third kappa shape index (κ3) is 4.55. The van der Waals surface area contributed by atoms with Gasteiger partial charge in [-0.2, -0.15) is 0 Å². The molecule has 0 aliphatic heterocycles. The summed E-state index contributed by atoms with van der Waals surface area (Å²) >= 11 is 7.75. The predicted molar refractivity (Wildman–Crippen MR) is 93.6 cm³/mol. The molecule has 2 heterocycles. The summed E-state index contributed by atoms with van der Waals surface area (Å²) in [6.07, 6.45) is 4.66. The van der Waals surface area contributed by atoms with Crippen molar-refractivity contribution in [1.82, 2.24) is 9.97 Å². The Morgan fingerprint density at radius 1 is 1.24 bits per heavy atom. The molecule has 0 saturated heterocycles. The lowest BCUT2D eigenvalue weighted by atomic mass is 10.0. The van der Waals surface area contributed by atoms with Gasteiger partial charge in [0, 0.05) is 10.9 Å². The number of hydrogen-bond acceptors (Lipinski definition) is 4. The van der Waals surface area contributed by atoms with Crippen LogP contribution in [-0.2, 0) is 6.42 Å². The average Bonchev–Trinajstić information content (AvgIpc) is 2.81. The van der Waals surface area contributed by atoms with Crippen LogP contribution in [0.2, 0.25) is 5.28 Å². The largest absolute Gasteiger partial charge is 0.367 e. The monoisotopic (exact) mass is 325 g/mol. The number of fused-ring (bicyclic) bond motifs is 1. The summed E-state index contributed by atoms with van der Waals surface area (Å²) in [5.41, 5.74) is 0. The molecule has 5 heteroatoms. The molecule has 2 aromatic rings. The molecule has 116 valence electrons. The first-order chi connectivity index (χ1) is 9.99. The van der Waals surface area contributed by atoms with Gasteiger partial charge in [-0.15, -0.1) is 11.3 Å². The van der Waals surface area contributed by atoms with E-state index in [0.29, 0.717) is 11.3 Å². The van der Waals surface area contributed by atoms with Crippen molar-refractivity contribution >= 4 is 39.0 Å². The second-order valence-electron chi connectivity index (χ2n) is 6.00. The number of thiophene rings is 1. The van der Waals surface area contributed by atoms with E-state index in [4.69, 9.17) is 11.6 Å². The first-order valence-corrected chi connectivity index (χ1v) is 8.91. The number of nitrogens with zero attached hydrogens (tertiary/aromatic N) is 2. The molecule has 2 rings (SSSR count). The molecule has 0 spiro atoms. The predicted octanol–water partition coefficient (Wildman–Crippen LogP) is 5.53. The van der Waals surface area contributed by atoms with E-state index in [1.807, 2.05) is 0 Å². The average molecular weight is 326 g/mol. The van der Waals surface area contributed by atoms with E-state index in [-0.39, 0.29) is 0 Å². The van der Waals surface area contributed by atoms with Gasteiger partial charge in [0.25, 0.3) is 0 Å². The van der Waals surface area contributed by atoms with Crippen LogP contribution < -0.4 is 5.32 Å². The number of aryl methyl sites for hydroxylation is 1. The lowest BCUT2D eigenvalue weighted by Crippen LogP contribution is -2.16. The molecular formula is C16H24ClN3S. The van der Waals surface area contributed by atoms with Crippen LogP contribution in [0.1, 0.15) is 51.8 Å². The smallest absolute Gasteiger partial charge is 0.225 e. The van der Waals surface area contributed by atoms with Crippen LogP contribution in [0.15, 0.2) is 6.07 Å². The number of rotatable bonds is 7. The Morgan fingerprint density at radius 3 is 2.67 bits per heavy atom. The standard InChI is InChI=1S/C16H24ClN3S/c1-5-12-9-13-14(19-16(17)20-15(13)21-12)18-11(4)8-6-7-10(2)3/h9-11H,5-8H2,1-4H3,(H,18,19,20). The Morgan fingerprint density at radius 2 is 2.00 bits per heavy atom. The zero-order valence-electron chi connectivity index (χ0n) is 13.2. The number of hydrogen-bond donors (Lipinski definition) is 1. The van der Waals surface area contributed by atoms with Gasteiger partial charge >= 0.3 is 0 Å². The molecule has 21 heavy (non-hydrogen) atoms. The Balaban J connectivity index is 2.11. The van der Waals surface area contributed by atoms with Crippen LogP contribution >= 0.6 is 22.9 Å². The Bertz CT molecular complexity index is 594. The SMILES string of the molecule is CCc1cc2c(NC(C)CCCC(C)C)nc(Cl)nc2s1. The maximum absolute atomic E-state index is 6.05. The van der Waals surface area contributed by atoms with Gasteiger partial charge in [-0.1, -0.05) is 33.6 Å². The minimum atomic E-state index is 0.323. The highest BCUT2D eigenvalue weighted by Gasteiger charge is 2.12. The molecule has 1 unspecified atom stereocenters. The zero-order valence-corrected chi connectivity index (χ0v) is 14.8. The first-order valence-electron chi connectivity index (χ1n) is 7.72. The molecule has 1 atom stereocenters. The third-order valence-electron chi connectivity index (χ3n) is 3.57. The number of halogens is 1. The van der Waals surface area contributed by atoms with Crippen molar-refractivity contribution in [2.45, 2.75) is 59.4 Å². The van der Waals surface area contributed by atoms with Crippen LogP contribution in [0.25, 0.3) is 10.2 Å². The van der Waals surface area contributed by atoms with Crippen molar-refractivity contribution in [2.75, 3.05) is 5.32 Å². The van der Waals surface area contributed by atoms with Gasteiger partial charge in [0.1, 0.15) is 10.6 Å². The summed E-state index contributed by atoms with van der Waals surface area (Å²) in [6.45, 7) is 8.89. The zero-order chi connectivity index (χ0) is 15.4. The maximum Gasteiger partial charge on any atom is 0.225 e. The van der Waals surface area contributed by atoms with Crippen LogP contribution in [-0.4, -0.2) is 16.0 Å². The lowest BCUT2D eigenvalue weighted by molar-refractivity contribution is 0.520. The summed E-state index contributed by atoms with van der Waals surface area (Å²) in [6, 6.07) is 2.57. The van der Waals surface area contributed by atoms with Crippen LogP contribution in [0.5, 0.6) is 0 Å². The Hall–Kier alpha value is -0.870. The molecule has 0 saturated carbocycles. The molecule has 0 aliphatic carbocycles. The Labute approximate surface area is 136 Å². The molecule has 0 bridgehead atoms. The van der Waals surface area contributed by atoms with Crippen molar-refractivity contribution in [3.05, 3.63) is 16.2 Å². The lowest BCUT2D eigenvalue weighted by Gasteiger charge is -2.15. The molecule has 0 aromatic carbocycles. The summed E-state index contributed by atoms with van der Waals surface area (Å²) in [5.74, 6) is 1.64. The summed E-state index contributed by atoms with van der Waals surface area (Å²) in [4.78, 5) is 11.0.